The molecule has 0 aliphatic heterocycles. The van der Waals surface area contributed by atoms with E-state index >= 15 is 0 Å². The van der Waals surface area contributed by atoms with Crippen molar-refractivity contribution in [3.8, 4) is 0 Å². The van der Waals surface area contributed by atoms with Gasteiger partial charge < -0.3 is 16.0 Å². The molecule has 1 aromatic rings. The molecule has 3 N–H and O–H groups in total. The number of para-hydroxylation sites is 1. The summed E-state index contributed by atoms with van der Waals surface area (Å²) >= 11 is 0. The predicted octanol–water partition coefficient (Wildman–Crippen LogP) is 1.38. The lowest BCUT2D eigenvalue weighted by Crippen LogP contribution is -2.47. The van der Waals surface area contributed by atoms with Gasteiger partial charge in [-0.3, -0.25) is 9.59 Å². The molecule has 0 saturated carbocycles. The number of anilines is 1. The Morgan fingerprint density at radius 2 is 1.80 bits per heavy atom. The van der Waals surface area contributed by atoms with Gasteiger partial charge in [0.2, 0.25) is 11.8 Å². The van der Waals surface area contributed by atoms with Gasteiger partial charge in [-0.25, -0.2) is 0 Å². The Bertz CT molecular complexity index is 457. The third-order valence-electron chi connectivity index (χ3n) is 3.13. The highest BCUT2D eigenvalue weighted by molar-refractivity contribution is 5.94. The minimum atomic E-state index is -0.559. The highest BCUT2D eigenvalue weighted by atomic mass is 16.2. The summed E-state index contributed by atoms with van der Waals surface area (Å²) in [5.74, 6) is -0.176. The molecule has 0 saturated heterocycles. The molecule has 0 heterocycles. The third kappa shape index (κ3) is 4.66. The van der Waals surface area contributed by atoms with Crippen molar-refractivity contribution in [1.29, 1.82) is 0 Å². The van der Waals surface area contributed by atoms with Crippen molar-refractivity contribution >= 4 is 17.5 Å². The van der Waals surface area contributed by atoms with Crippen molar-refractivity contribution in [3.05, 3.63) is 30.3 Å². The zero-order chi connectivity index (χ0) is 15.2. The van der Waals surface area contributed by atoms with E-state index in [1.54, 1.807) is 14.0 Å². The van der Waals surface area contributed by atoms with Crippen molar-refractivity contribution in [1.82, 2.24) is 10.6 Å². The Balaban J connectivity index is 2.48. The fourth-order valence-corrected chi connectivity index (χ4v) is 1.69. The van der Waals surface area contributed by atoms with Gasteiger partial charge in [0.1, 0.15) is 0 Å². The topological polar surface area (TPSA) is 70.2 Å². The fourth-order valence-electron chi connectivity index (χ4n) is 1.69. The number of benzene rings is 1. The van der Waals surface area contributed by atoms with Crippen LogP contribution >= 0.6 is 0 Å². The van der Waals surface area contributed by atoms with Crippen LogP contribution in [0.25, 0.3) is 0 Å². The number of carbonyl (C=O) groups excluding carboxylic acids is 2. The Morgan fingerprint density at radius 1 is 1.20 bits per heavy atom. The summed E-state index contributed by atoms with van der Waals surface area (Å²) in [7, 11) is 1.61. The van der Waals surface area contributed by atoms with E-state index in [1.807, 2.05) is 44.2 Å². The van der Waals surface area contributed by atoms with Crippen molar-refractivity contribution in [2.75, 3.05) is 18.9 Å². The van der Waals surface area contributed by atoms with E-state index in [2.05, 4.69) is 16.0 Å². The normalized spacial score (nSPS) is 12.6. The van der Waals surface area contributed by atoms with Crippen LogP contribution in [0.15, 0.2) is 30.3 Å². The molecule has 0 aliphatic rings. The van der Waals surface area contributed by atoms with Gasteiger partial charge in [-0.15, -0.1) is 0 Å². The van der Waals surface area contributed by atoms with Gasteiger partial charge in [-0.1, -0.05) is 18.2 Å². The molecule has 0 aliphatic carbocycles. The maximum absolute atomic E-state index is 12.0. The quantitative estimate of drug-likeness (QED) is 0.735. The molecule has 1 aromatic carbocycles. The molecule has 1 unspecified atom stereocenters. The van der Waals surface area contributed by atoms with Gasteiger partial charge in [0.15, 0.2) is 0 Å². The molecular formula is C15H23N3O2. The minimum Gasteiger partial charge on any atom is -0.359 e. The van der Waals surface area contributed by atoms with Crippen LogP contribution in [-0.4, -0.2) is 31.4 Å². The van der Waals surface area contributed by atoms with Crippen molar-refractivity contribution in [2.45, 2.75) is 26.8 Å². The fraction of sp³-hybridized carbons (Fsp3) is 0.467. The summed E-state index contributed by atoms with van der Waals surface area (Å²) in [5, 5.41) is 8.52. The van der Waals surface area contributed by atoms with Crippen LogP contribution in [0.1, 0.15) is 20.8 Å². The molecule has 1 atom stereocenters. The van der Waals surface area contributed by atoms with Gasteiger partial charge in [-0.2, -0.15) is 0 Å². The molecular weight excluding hydrogens is 254 g/mol. The molecule has 2 amide bonds. The number of carbonyl (C=O) groups is 2. The molecule has 0 radical (unpaired) electrons. The van der Waals surface area contributed by atoms with Crippen LogP contribution in [0.2, 0.25) is 0 Å². The first kappa shape index (κ1) is 16.2. The molecule has 20 heavy (non-hydrogen) atoms. The zero-order valence-corrected chi connectivity index (χ0v) is 12.5. The maximum Gasteiger partial charge on any atom is 0.241 e. The van der Waals surface area contributed by atoms with Crippen LogP contribution in [0.3, 0.4) is 0 Å². The van der Waals surface area contributed by atoms with E-state index in [0.717, 1.165) is 5.69 Å². The molecule has 110 valence electrons. The molecule has 0 spiro atoms. The average Bonchev–Trinajstić information content (AvgIpc) is 2.44. The molecule has 5 heteroatoms. The monoisotopic (exact) mass is 277 g/mol. The van der Waals surface area contributed by atoms with Crippen LogP contribution in [0.5, 0.6) is 0 Å². The summed E-state index contributed by atoms with van der Waals surface area (Å²) in [5.41, 5.74) is 0.201. The van der Waals surface area contributed by atoms with Crippen LogP contribution in [0.4, 0.5) is 5.69 Å². The Morgan fingerprint density at radius 3 is 2.35 bits per heavy atom. The van der Waals surface area contributed by atoms with E-state index in [1.165, 1.54) is 0 Å². The van der Waals surface area contributed by atoms with E-state index in [-0.39, 0.29) is 17.9 Å². The minimum absolute atomic E-state index is 0.0549. The van der Waals surface area contributed by atoms with Gasteiger partial charge >= 0.3 is 0 Å². The Hall–Kier alpha value is -1.88. The zero-order valence-electron chi connectivity index (χ0n) is 12.5. The Labute approximate surface area is 120 Å². The second kappa shape index (κ2) is 7.05. The largest absolute Gasteiger partial charge is 0.359 e. The summed E-state index contributed by atoms with van der Waals surface area (Å²) in [6.45, 7) is 5.87. The first-order chi connectivity index (χ1) is 9.36. The van der Waals surface area contributed by atoms with Crippen LogP contribution in [0, 0.1) is 5.41 Å². The number of amides is 2. The van der Waals surface area contributed by atoms with Gasteiger partial charge in [-0.05, 0) is 32.9 Å². The number of rotatable bonds is 6. The molecule has 1 rings (SSSR count). The standard InChI is InChI=1S/C15H23N3O2/c1-11(17-10-15(2,3)14(20)16-4)13(19)18-12-8-6-5-7-9-12/h5-9,11,17H,10H2,1-4H3,(H,16,20)(H,18,19). The van der Waals surface area contributed by atoms with Crippen molar-refractivity contribution < 1.29 is 9.59 Å². The lowest BCUT2D eigenvalue weighted by Gasteiger charge is -2.25. The summed E-state index contributed by atoms with van der Waals surface area (Å²) in [4.78, 5) is 23.6. The second-order valence-electron chi connectivity index (χ2n) is 5.42. The lowest BCUT2D eigenvalue weighted by atomic mass is 9.92. The molecule has 0 aromatic heterocycles. The highest BCUT2D eigenvalue weighted by Crippen LogP contribution is 2.13. The first-order valence-corrected chi connectivity index (χ1v) is 6.68. The lowest BCUT2D eigenvalue weighted by molar-refractivity contribution is -0.129. The van der Waals surface area contributed by atoms with Gasteiger partial charge in [0.05, 0.1) is 11.5 Å². The number of nitrogens with one attached hydrogen (secondary N) is 3. The number of hydrogen-bond acceptors (Lipinski definition) is 3. The third-order valence-corrected chi connectivity index (χ3v) is 3.13. The number of hydrogen-bond donors (Lipinski definition) is 3. The molecule has 0 fully saturated rings. The van der Waals surface area contributed by atoms with Crippen molar-refractivity contribution in [2.24, 2.45) is 5.41 Å². The summed E-state index contributed by atoms with van der Waals surface area (Å²) in [6, 6.07) is 8.91. The van der Waals surface area contributed by atoms with Crippen LogP contribution in [-0.2, 0) is 9.59 Å². The van der Waals surface area contributed by atoms with E-state index in [4.69, 9.17) is 0 Å². The van der Waals surface area contributed by atoms with Gasteiger partial charge in [0, 0.05) is 19.3 Å². The van der Waals surface area contributed by atoms with Gasteiger partial charge in [0.25, 0.3) is 0 Å². The van der Waals surface area contributed by atoms with E-state index in [9.17, 15) is 9.59 Å². The van der Waals surface area contributed by atoms with E-state index in [0.29, 0.717) is 6.54 Å². The second-order valence-corrected chi connectivity index (χ2v) is 5.42. The Kier molecular flexibility index (Phi) is 5.70. The average molecular weight is 277 g/mol. The smallest absolute Gasteiger partial charge is 0.241 e. The molecule has 0 bridgehead atoms. The predicted molar refractivity (Wildman–Crippen MR) is 80.4 cm³/mol. The first-order valence-electron chi connectivity index (χ1n) is 6.68. The maximum atomic E-state index is 12.0. The SMILES string of the molecule is CNC(=O)C(C)(C)CNC(C)C(=O)Nc1ccccc1. The summed E-state index contributed by atoms with van der Waals surface area (Å²) < 4.78 is 0. The van der Waals surface area contributed by atoms with Crippen molar-refractivity contribution in [3.63, 3.8) is 0 Å². The highest BCUT2D eigenvalue weighted by Gasteiger charge is 2.27. The van der Waals surface area contributed by atoms with E-state index < -0.39 is 5.41 Å². The summed E-state index contributed by atoms with van der Waals surface area (Å²) in [6.07, 6.45) is 0. The molecule has 5 nitrogen and oxygen atoms in total. The van der Waals surface area contributed by atoms with Crippen LogP contribution < -0.4 is 16.0 Å².